The number of phenols is 1. The molecule has 0 bridgehead atoms. The Hall–Kier alpha value is -1.13. The molecule has 4 heteroatoms. The normalized spacial score (nSPS) is 14.6. The zero-order valence-electron chi connectivity index (χ0n) is 10.5. The largest absolute Gasteiger partial charge is 0.508 e. The Kier molecular flexibility index (Phi) is 5.38. The van der Waals surface area contributed by atoms with Gasteiger partial charge in [0.05, 0.1) is 6.61 Å². The third-order valence-electron chi connectivity index (χ3n) is 2.80. The average molecular weight is 241 g/mol. The second-order valence-corrected chi connectivity index (χ2v) is 4.15. The molecule has 0 amide bonds. The van der Waals surface area contributed by atoms with Gasteiger partial charge in [0.1, 0.15) is 11.6 Å². The monoisotopic (exact) mass is 241 g/mol. The van der Waals surface area contributed by atoms with Crippen LogP contribution in [-0.4, -0.2) is 24.9 Å². The summed E-state index contributed by atoms with van der Waals surface area (Å²) >= 11 is 0. The van der Waals surface area contributed by atoms with Crippen LogP contribution in [0.2, 0.25) is 0 Å². The summed E-state index contributed by atoms with van der Waals surface area (Å²) in [6, 6.07) is 4.31. The lowest BCUT2D eigenvalue weighted by Crippen LogP contribution is -2.34. The van der Waals surface area contributed by atoms with Gasteiger partial charge in [0.2, 0.25) is 0 Å². The molecule has 96 valence electrons. The fraction of sp³-hybridized carbons (Fsp3) is 0.538. The minimum atomic E-state index is -0.391. The van der Waals surface area contributed by atoms with Gasteiger partial charge in [-0.25, -0.2) is 4.39 Å². The predicted molar refractivity (Wildman–Crippen MR) is 65.6 cm³/mol. The second-order valence-electron chi connectivity index (χ2n) is 4.15. The summed E-state index contributed by atoms with van der Waals surface area (Å²) in [5.41, 5.74) is 0.553. The maximum Gasteiger partial charge on any atom is 0.131 e. The Morgan fingerprint density at radius 3 is 2.71 bits per heavy atom. The van der Waals surface area contributed by atoms with Crippen molar-refractivity contribution >= 4 is 0 Å². The van der Waals surface area contributed by atoms with E-state index in [-0.39, 0.29) is 17.8 Å². The summed E-state index contributed by atoms with van der Waals surface area (Å²) in [7, 11) is 1.65. The van der Waals surface area contributed by atoms with Gasteiger partial charge in [-0.1, -0.05) is 13.0 Å². The molecule has 1 aromatic carbocycles. The fourth-order valence-electron chi connectivity index (χ4n) is 1.80. The van der Waals surface area contributed by atoms with Crippen LogP contribution in [0.3, 0.4) is 0 Å². The highest BCUT2D eigenvalue weighted by Crippen LogP contribution is 2.21. The first-order valence-electron chi connectivity index (χ1n) is 5.81. The number of methoxy groups -OCH3 is 1. The Balaban J connectivity index is 2.71. The third kappa shape index (κ3) is 3.98. The summed E-state index contributed by atoms with van der Waals surface area (Å²) in [6.07, 6.45) is 0.915. The maximum atomic E-state index is 13.6. The Labute approximate surface area is 102 Å². The van der Waals surface area contributed by atoms with Crippen molar-refractivity contribution in [2.24, 2.45) is 0 Å². The smallest absolute Gasteiger partial charge is 0.131 e. The Morgan fingerprint density at radius 1 is 1.47 bits per heavy atom. The number of hydrogen-bond donors (Lipinski definition) is 2. The van der Waals surface area contributed by atoms with Crippen molar-refractivity contribution in [3.8, 4) is 5.75 Å². The second kappa shape index (κ2) is 6.57. The van der Waals surface area contributed by atoms with Crippen LogP contribution in [-0.2, 0) is 4.74 Å². The number of nitrogens with one attached hydrogen (secondary N) is 1. The molecule has 0 fully saturated rings. The van der Waals surface area contributed by atoms with E-state index in [1.165, 1.54) is 6.07 Å². The van der Waals surface area contributed by atoms with E-state index < -0.39 is 5.82 Å². The van der Waals surface area contributed by atoms with Gasteiger partial charge in [-0.2, -0.15) is 0 Å². The molecule has 0 spiro atoms. The summed E-state index contributed by atoms with van der Waals surface area (Å²) < 4.78 is 18.7. The van der Waals surface area contributed by atoms with E-state index in [0.717, 1.165) is 12.5 Å². The van der Waals surface area contributed by atoms with Crippen molar-refractivity contribution in [3.63, 3.8) is 0 Å². The van der Waals surface area contributed by atoms with Crippen molar-refractivity contribution < 1.29 is 14.2 Å². The van der Waals surface area contributed by atoms with Gasteiger partial charge < -0.3 is 15.2 Å². The summed E-state index contributed by atoms with van der Waals surface area (Å²) in [4.78, 5) is 0. The summed E-state index contributed by atoms with van der Waals surface area (Å²) in [6.45, 7) is 4.55. The zero-order valence-corrected chi connectivity index (χ0v) is 10.5. The van der Waals surface area contributed by atoms with Gasteiger partial charge in [-0.15, -0.1) is 0 Å². The number of halogens is 1. The lowest BCUT2D eigenvalue weighted by atomic mass is 10.1. The Morgan fingerprint density at radius 2 is 2.18 bits per heavy atom. The lowest BCUT2D eigenvalue weighted by Gasteiger charge is -2.22. The first kappa shape index (κ1) is 13.9. The number of aromatic hydroxyl groups is 1. The first-order valence-corrected chi connectivity index (χ1v) is 5.81. The van der Waals surface area contributed by atoms with E-state index in [1.807, 2.05) is 6.92 Å². The van der Waals surface area contributed by atoms with Crippen molar-refractivity contribution in [3.05, 3.63) is 29.6 Å². The molecule has 2 unspecified atom stereocenters. The fourth-order valence-corrected chi connectivity index (χ4v) is 1.80. The zero-order chi connectivity index (χ0) is 12.8. The molecule has 1 rings (SSSR count). The molecule has 1 aromatic rings. The minimum Gasteiger partial charge on any atom is -0.508 e. The van der Waals surface area contributed by atoms with E-state index in [1.54, 1.807) is 13.2 Å². The quantitative estimate of drug-likeness (QED) is 0.804. The molecule has 0 heterocycles. The predicted octanol–water partition coefficient (Wildman–Crippen LogP) is 2.61. The van der Waals surface area contributed by atoms with Crippen molar-refractivity contribution in [1.82, 2.24) is 5.32 Å². The standard InChI is InChI=1S/C13H20FNO2/c1-4-10(8-17-3)15-9(2)12-6-5-11(16)7-13(12)14/h5-7,9-10,15-16H,4,8H2,1-3H3. The minimum absolute atomic E-state index is 0.0533. The summed E-state index contributed by atoms with van der Waals surface area (Å²) in [5.74, 6) is -0.445. The topological polar surface area (TPSA) is 41.5 Å². The van der Waals surface area contributed by atoms with Gasteiger partial charge in [0.15, 0.2) is 0 Å². The van der Waals surface area contributed by atoms with Crippen LogP contribution in [0.5, 0.6) is 5.75 Å². The molecule has 17 heavy (non-hydrogen) atoms. The molecule has 0 saturated heterocycles. The SMILES string of the molecule is CCC(COC)NC(C)c1ccc(O)cc1F. The highest BCUT2D eigenvalue weighted by atomic mass is 19.1. The van der Waals surface area contributed by atoms with Crippen LogP contribution in [0.15, 0.2) is 18.2 Å². The highest BCUT2D eigenvalue weighted by Gasteiger charge is 2.15. The van der Waals surface area contributed by atoms with Gasteiger partial charge >= 0.3 is 0 Å². The molecule has 0 aliphatic carbocycles. The van der Waals surface area contributed by atoms with E-state index in [4.69, 9.17) is 9.84 Å². The molecule has 0 radical (unpaired) electrons. The number of benzene rings is 1. The third-order valence-corrected chi connectivity index (χ3v) is 2.80. The van der Waals surface area contributed by atoms with Gasteiger partial charge in [-0.3, -0.25) is 0 Å². The molecule has 0 aromatic heterocycles. The molecule has 2 atom stereocenters. The van der Waals surface area contributed by atoms with E-state index >= 15 is 0 Å². The maximum absolute atomic E-state index is 13.6. The van der Waals surface area contributed by atoms with Crippen LogP contribution in [0, 0.1) is 5.82 Å². The van der Waals surface area contributed by atoms with Crippen LogP contribution < -0.4 is 5.32 Å². The van der Waals surface area contributed by atoms with Gasteiger partial charge in [0, 0.05) is 30.8 Å². The van der Waals surface area contributed by atoms with Gasteiger partial charge in [0.25, 0.3) is 0 Å². The van der Waals surface area contributed by atoms with E-state index in [2.05, 4.69) is 12.2 Å². The number of hydrogen-bond acceptors (Lipinski definition) is 3. The number of rotatable bonds is 6. The van der Waals surface area contributed by atoms with Crippen LogP contribution in [0.25, 0.3) is 0 Å². The number of phenolic OH excluding ortho intramolecular Hbond substituents is 1. The molecular weight excluding hydrogens is 221 g/mol. The van der Waals surface area contributed by atoms with Crippen molar-refractivity contribution in [2.45, 2.75) is 32.4 Å². The molecule has 2 N–H and O–H groups in total. The average Bonchev–Trinajstić information content (AvgIpc) is 2.28. The summed E-state index contributed by atoms with van der Waals surface area (Å²) in [5, 5.41) is 12.4. The molecule has 3 nitrogen and oxygen atoms in total. The van der Waals surface area contributed by atoms with Crippen molar-refractivity contribution in [1.29, 1.82) is 0 Å². The lowest BCUT2D eigenvalue weighted by molar-refractivity contribution is 0.159. The van der Waals surface area contributed by atoms with Crippen LogP contribution in [0.4, 0.5) is 4.39 Å². The molecular formula is C13H20FNO2. The molecule has 0 saturated carbocycles. The van der Waals surface area contributed by atoms with Crippen LogP contribution >= 0.6 is 0 Å². The Bertz CT molecular complexity index is 357. The molecule has 0 aliphatic heterocycles. The van der Waals surface area contributed by atoms with Crippen LogP contribution in [0.1, 0.15) is 31.9 Å². The molecule has 0 aliphatic rings. The van der Waals surface area contributed by atoms with Crippen molar-refractivity contribution in [2.75, 3.05) is 13.7 Å². The van der Waals surface area contributed by atoms with E-state index in [0.29, 0.717) is 12.2 Å². The van der Waals surface area contributed by atoms with Gasteiger partial charge in [-0.05, 0) is 19.4 Å². The first-order chi connectivity index (χ1) is 8.08. The number of ether oxygens (including phenoxy) is 1. The van der Waals surface area contributed by atoms with E-state index in [9.17, 15) is 4.39 Å². The highest BCUT2D eigenvalue weighted by molar-refractivity contribution is 5.29.